The molecular formula is C20H24BFN4O5. The third-order valence-corrected chi connectivity index (χ3v) is 4.55. The van der Waals surface area contributed by atoms with Gasteiger partial charge >= 0.3 is 0 Å². The molecule has 9 nitrogen and oxygen atoms in total. The van der Waals surface area contributed by atoms with Gasteiger partial charge in [-0.25, -0.2) is 4.98 Å². The van der Waals surface area contributed by atoms with Crippen LogP contribution in [-0.4, -0.2) is 52.4 Å². The van der Waals surface area contributed by atoms with Gasteiger partial charge < -0.3 is 30.9 Å². The number of H-pyrrole nitrogens is 1. The van der Waals surface area contributed by atoms with Crippen molar-refractivity contribution in [3.8, 4) is 17.2 Å². The smallest absolute Gasteiger partial charge is 0.271 e. The molecule has 1 aromatic heterocycles. The van der Waals surface area contributed by atoms with Crippen LogP contribution in [0.1, 0.15) is 37.7 Å². The number of aldehydes is 1. The summed E-state index contributed by atoms with van der Waals surface area (Å²) in [5.74, 6) is -4.98. The maximum absolute atomic E-state index is 13.7. The van der Waals surface area contributed by atoms with Gasteiger partial charge in [0.15, 0.2) is 17.8 Å². The van der Waals surface area contributed by atoms with Crippen LogP contribution in [0.3, 0.4) is 0 Å². The van der Waals surface area contributed by atoms with E-state index in [0.717, 1.165) is 11.8 Å². The molecule has 0 fully saturated rings. The molecule has 6 N–H and O–H groups in total. The van der Waals surface area contributed by atoms with Crippen LogP contribution in [0.15, 0.2) is 17.7 Å². The van der Waals surface area contributed by atoms with Crippen molar-refractivity contribution in [2.45, 2.75) is 26.2 Å². The minimum Gasteiger partial charge on any atom is -0.505 e. The number of nitrogens with one attached hydrogen (secondary N) is 3. The lowest BCUT2D eigenvalue weighted by atomic mass is 9.87. The Labute approximate surface area is 179 Å². The third kappa shape index (κ3) is 4.88. The molecule has 1 aromatic carbocycles. The maximum Gasteiger partial charge on any atom is 0.271 e. The standard InChI is InChI=1S/C20H24BFN4O5/c1-20(2,3)18-11(24-8-25-18)5-9(7-27)26-19(31)12(23-4)6-10-13(21)16(29)14(22)17(30)15(10)28/h5-8,23,28-30H,21H2,1-4H3,(H,24,25)(H,26,31)/b9-5-,12-6-. The summed E-state index contributed by atoms with van der Waals surface area (Å²) in [6.45, 7) is 5.88. The first-order valence-corrected chi connectivity index (χ1v) is 9.26. The number of carbonyl (C=O) groups excluding carboxylic acids is 2. The van der Waals surface area contributed by atoms with E-state index < -0.39 is 29.0 Å². The van der Waals surface area contributed by atoms with E-state index in [-0.39, 0.29) is 27.8 Å². The molecule has 1 amide bonds. The van der Waals surface area contributed by atoms with Gasteiger partial charge in [0.2, 0.25) is 5.82 Å². The predicted molar refractivity (Wildman–Crippen MR) is 116 cm³/mol. The number of hydrogen-bond donors (Lipinski definition) is 6. The van der Waals surface area contributed by atoms with Crippen LogP contribution in [0.2, 0.25) is 0 Å². The second kappa shape index (κ2) is 8.94. The van der Waals surface area contributed by atoms with Crippen LogP contribution in [0.4, 0.5) is 4.39 Å². The van der Waals surface area contributed by atoms with Gasteiger partial charge in [0.05, 0.1) is 17.7 Å². The van der Waals surface area contributed by atoms with Crippen molar-refractivity contribution in [1.82, 2.24) is 20.6 Å². The van der Waals surface area contributed by atoms with Crippen LogP contribution in [-0.2, 0) is 15.0 Å². The molecular weight excluding hydrogens is 406 g/mol. The van der Waals surface area contributed by atoms with E-state index in [4.69, 9.17) is 0 Å². The topological polar surface area (TPSA) is 148 Å². The van der Waals surface area contributed by atoms with Crippen molar-refractivity contribution < 1.29 is 29.3 Å². The minimum absolute atomic E-state index is 0.0745. The number of aromatic nitrogens is 2. The molecule has 1 heterocycles. The fraction of sp³-hybridized carbons (Fsp3) is 0.250. The number of nitrogens with zero attached hydrogens (tertiary/aromatic N) is 1. The Bertz CT molecular complexity index is 1060. The molecule has 164 valence electrons. The van der Waals surface area contributed by atoms with E-state index in [1.54, 1.807) is 0 Å². The highest BCUT2D eigenvalue weighted by Crippen LogP contribution is 2.36. The molecule has 0 spiro atoms. The van der Waals surface area contributed by atoms with Gasteiger partial charge in [-0.3, -0.25) is 9.59 Å². The number of amides is 1. The van der Waals surface area contributed by atoms with Gasteiger partial charge in [0, 0.05) is 23.7 Å². The first kappa shape index (κ1) is 23.5. The number of imidazole rings is 1. The number of aromatic hydroxyl groups is 3. The van der Waals surface area contributed by atoms with Crippen molar-refractivity contribution in [3.63, 3.8) is 0 Å². The molecule has 0 bridgehead atoms. The lowest BCUT2D eigenvalue weighted by Crippen LogP contribution is -2.30. The monoisotopic (exact) mass is 430 g/mol. The SMILES string of the molecule is Bc1c(O)c(F)c(O)c(O)c1/C=C(\NC)C(=O)N/C(C=O)=C\c1nc[nH]c1C(C)(C)C. The largest absolute Gasteiger partial charge is 0.505 e. The Morgan fingerprint density at radius 1 is 1.19 bits per heavy atom. The van der Waals surface area contributed by atoms with Gasteiger partial charge in [-0.15, -0.1) is 0 Å². The van der Waals surface area contributed by atoms with Gasteiger partial charge in [0.1, 0.15) is 19.3 Å². The van der Waals surface area contributed by atoms with Crippen molar-refractivity contribution in [1.29, 1.82) is 0 Å². The summed E-state index contributed by atoms with van der Waals surface area (Å²) >= 11 is 0. The van der Waals surface area contributed by atoms with E-state index in [2.05, 4.69) is 20.6 Å². The van der Waals surface area contributed by atoms with E-state index in [1.165, 1.54) is 27.3 Å². The molecule has 0 aliphatic carbocycles. The van der Waals surface area contributed by atoms with Crippen LogP contribution >= 0.6 is 0 Å². The fourth-order valence-electron chi connectivity index (χ4n) is 2.85. The predicted octanol–water partition coefficient (Wildman–Crippen LogP) is 0.138. The van der Waals surface area contributed by atoms with Gasteiger partial charge in [-0.1, -0.05) is 20.8 Å². The second-order valence-corrected chi connectivity index (χ2v) is 7.79. The Balaban J connectivity index is 2.42. The summed E-state index contributed by atoms with van der Waals surface area (Å²) in [5.41, 5.74) is 0.498. The third-order valence-electron chi connectivity index (χ3n) is 4.55. The first-order valence-electron chi connectivity index (χ1n) is 9.26. The van der Waals surface area contributed by atoms with Crippen LogP contribution in [0.5, 0.6) is 17.2 Å². The maximum atomic E-state index is 13.7. The number of aromatic amines is 1. The molecule has 0 aliphatic heterocycles. The zero-order valence-electron chi connectivity index (χ0n) is 17.8. The molecule has 0 unspecified atom stereocenters. The number of allylic oxidation sites excluding steroid dienone is 1. The number of benzene rings is 1. The van der Waals surface area contributed by atoms with E-state index in [9.17, 15) is 29.3 Å². The minimum atomic E-state index is -1.37. The average Bonchev–Trinajstić information content (AvgIpc) is 3.19. The summed E-state index contributed by atoms with van der Waals surface area (Å²) in [7, 11) is 2.72. The normalized spacial score (nSPS) is 12.5. The van der Waals surface area contributed by atoms with Gasteiger partial charge in [-0.05, 0) is 17.6 Å². The van der Waals surface area contributed by atoms with Crippen molar-refractivity contribution in [2.75, 3.05) is 7.05 Å². The van der Waals surface area contributed by atoms with Crippen molar-refractivity contribution in [3.05, 3.63) is 40.5 Å². The molecule has 2 rings (SSSR count). The number of carbonyl (C=O) groups is 2. The molecule has 2 aromatic rings. The van der Waals surface area contributed by atoms with E-state index in [1.807, 2.05) is 20.8 Å². The Kier molecular flexibility index (Phi) is 6.79. The number of halogens is 1. The highest BCUT2D eigenvalue weighted by Gasteiger charge is 2.22. The van der Waals surface area contributed by atoms with Gasteiger partial charge in [0.25, 0.3) is 5.91 Å². The zero-order chi connectivity index (χ0) is 23.5. The quantitative estimate of drug-likeness (QED) is 0.126. The summed E-state index contributed by atoms with van der Waals surface area (Å²) < 4.78 is 13.7. The van der Waals surface area contributed by atoms with Crippen LogP contribution < -0.4 is 16.1 Å². The highest BCUT2D eigenvalue weighted by molar-refractivity contribution is 6.37. The Morgan fingerprint density at radius 3 is 2.39 bits per heavy atom. The molecule has 0 atom stereocenters. The second-order valence-electron chi connectivity index (χ2n) is 7.79. The van der Waals surface area contributed by atoms with Crippen molar-refractivity contribution in [2.24, 2.45) is 0 Å². The lowest BCUT2D eigenvalue weighted by molar-refractivity contribution is -0.118. The van der Waals surface area contributed by atoms with Gasteiger partial charge in [-0.2, -0.15) is 4.39 Å². The number of rotatable bonds is 6. The van der Waals surface area contributed by atoms with E-state index in [0.29, 0.717) is 12.0 Å². The van der Waals surface area contributed by atoms with E-state index >= 15 is 0 Å². The zero-order valence-corrected chi connectivity index (χ0v) is 17.8. The Hall–Kier alpha value is -3.76. The molecule has 0 saturated heterocycles. The molecule has 0 radical (unpaired) electrons. The van der Waals surface area contributed by atoms with Crippen LogP contribution in [0, 0.1) is 5.82 Å². The fourth-order valence-corrected chi connectivity index (χ4v) is 2.85. The lowest BCUT2D eigenvalue weighted by Gasteiger charge is -2.17. The number of hydrogen-bond acceptors (Lipinski definition) is 7. The molecule has 31 heavy (non-hydrogen) atoms. The number of phenols is 3. The summed E-state index contributed by atoms with van der Waals surface area (Å²) in [6, 6.07) is 0. The summed E-state index contributed by atoms with van der Waals surface area (Å²) in [6.07, 6.45) is 4.45. The first-order chi connectivity index (χ1) is 14.4. The molecule has 0 saturated carbocycles. The number of likely N-dealkylation sites (N-methyl/N-ethyl adjacent to an activating group) is 1. The van der Waals surface area contributed by atoms with Crippen LogP contribution in [0.25, 0.3) is 12.2 Å². The van der Waals surface area contributed by atoms with Crippen molar-refractivity contribution >= 4 is 37.7 Å². The molecule has 11 heteroatoms. The number of phenolic OH excluding ortho intramolecular Hbond substituents is 3. The average molecular weight is 430 g/mol. The highest BCUT2D eigenvalue weighted by atomic mass is 19.1. The summed E-state index contributed by atoms with van der Waals surface area (Å²) in [4.78, 5) is 31.4. The summed E-state index contributed by atoms with van der Waals surface area (Å²) in [5, 5.41) is 34.5. The Morgan fingerprint density at radius 2 is 1.84 bits per heavy atom. The molecule has 0 aliphatic rings.